The van der Waals surface area contributed by atoms with Crippen molar-refractivity contribution in [1.82, 2.24) is 4.98 Å². The summed E-state index contributed by atoms with van der Waals surface area (Å²) in [5.41, 5.74) is -0.838. The smallest absolute Gasteiger partial charge is 0.339 e. The molecule has 0 aromatic carbocycles. The van der Waals surface area contributed by atoms with Gasteiger partial charge in [-0.05, 0) is 0 Å². The number of nitrogens with zero attached hydrogens (tertiary/aromatic N) is 2. The Hall–Kier alpha value is -2.36. The molecule has 0 aliphatic carbocycles. The van der Waals surface area contributed by atoms with Crippen molar-refractivity contribution in [2.45, 2.75) is 6.43 Å². The number of aromatic nitrogens is 1. The number of anilines is 1. The molecular formula is C10H11F2N3O5. The minimum Gasteiger partial charge on any atom is -0.478 e. The Bertz CT molecular complexity index is 498. The number of nitro groups is 1. The van der Waals surface area contributed by atoms with Gasteiger partial charge in [0.2, 0.25) is 0 Å². The third kappa shape index (κ3) is 4.72. The molecule has 0 unspecified atom stereocenters. The number of carboxylic acids is 1. The average Bonchev–Trinajstić information content (AvgIpc) is 2.37. The van der Waals surface area contributed by atoms with Gasteiger partial charge in [0, 0.05) is 12.6 Å². The van der Waals surface area contributed by atoms with E-state index >= 15 is 0 Å². The average molecular weight is 291 g/mol. The second-order valence-electron chi connectivity index (χ2n) is 3.54. The fraction of sp³-hybridized carbons (Fsp3) is 0.400. The topological polar surface area (TPSA) is 115 Å². The first kappa shape index (κ1) is 15.7. The number of pyridine rings is 1. The maximum atomic E-state index is 11.8. The summed E-state index contributed by atoms with van der Waals surface area (Å²) in [6.07, 6.45) is -1.68. The molecule has 0 atom stereocenters. The first-order valence-electron chi connectivity index (χ1n) is 5.39. The predicted molar refractivity (Wildman–Crippen MR) is 63.2 cm³/mol. The van der Waals surface area contributed by atoms with Crippen molar-refractivity contribution >= 4 is 17.5 Å². The molecule has 0 fully saturated rings. The molecular weight excluding hydrogens is 280 g/mol. The van der Waals surface area contributed by atoms with Crippen LogP contribution in [0.2, 0.25) is 0 Å². The van der Waals surface area contributed by atoms with Crippen LogP contribution in [-0.2, 0) is 4.74 Å². The van der Waals surface area contributed by atoms with Crippen molar-refractivity contribution in [3.8, 4) is 0 Å². The number of hydrogen-bond acceptors (Lipinski definition) is 6. The van der Waals surface area contributed by atoms with Gasteiger partial charge in [-0.3, -0.25) is 10.1 Å². The van der Waals surface area contributed by atoms with E-state index in [1.165, 1.54) is 0 Å². The highest BCUT2D eigenvalue weighted by molar-refractivity contribution is 5.93. The summed E-state index contributed by atoms with van der Waals surface area (Å²) in [7, 11) is 0. The largest absolute Gasteiger partial charge is 0.478 e. The van der Waals surface area contributed by atoms with E-state index in [2.05, 4.69) is 15.0 Å². The van der Waals surface area contributed by atoms with Gasteiger partial charge >= 0.3 is 5.97 Å². The first-order chi connectivity index (χ1) is 9.41. The highest BCUT2D eigenvalue weighted by Gasteiger charge is 2.17. The second kappa shape index (κ2) is 7.28. The minimum atomic E-state index is -2.58. The molecule has 0 radical (unpaired) electrons. The van der Waals surface area contributed by atoms with E-state index in [1.807, 2.05) is 0 Å². The zero-order chi connectivity index (χ0) is 15.1. The molecule has 0 aliphatic heterocycles. The van der Waals surface area contributed by atoms with Crippen LogP contribution in [0.4, 0.5) is 20.3 Å². The summed E-state index contributed by atoms with van der Waals surface area (Å²) in [6.45, 7) is -0.763. The van der Waals surface area contributed by atoms with E-state index in [4.69, 9.17) is 5.11 Å². The van der Waals surface area contributed by atoms with Gasteiger partial charge in [0.25, 0.3) is 12.1 Å². The van der Waals surface area contributed by atoms with E-state index in [9.17, 15) is 23.7 Å². The van der Waals surface area contributed by atoms with Crippen LogP contribution in [0.15, 0.2) is 12.3 Å². The molecule has 1 rings (SSSR count). The number of carbonyl (C=O) groups is 1. The van der Waals surface area contributed by atoms with E-state index < -0.39 is 29.6 Å². The van der Waals surface area contributed by atoms with Crippen molar-refractivity contribution in [3.63, 3.8) is 0 Å². The Morgan fingerprint density at radius 3 is 2.85 bits per heavy atom. The molecule has 1 heterocycles. The van der Waals surface area contributed by atoms with Gasteiger partial charge in [-0.15, -0.1) is 0 Å². The van der Waals surface area contributed by atoms with Crippen molar-refractivity contribution in [2.24, 2.45) is 0 Å². The molecule has 110 valence electrons. The Morgan fingerprint density at radius 1 is 1.60 bits per heavy atom. The van der Waals surface area contributed by atoms with Gasteiger partial charge in [0.15, 0.2) is 0 Å². The van der Waals surface area contributed by atoms with Crippen LogP contribution >= 0.6 is 0 Å². The fourth-order valence-electron chi connectivity index (χ4n) is 1.27. The van der Waals surface area contributed by atoms with E-state index in [0.717, 1.165) is 12.3 Å². The van der Waals surface area contributed by atoms with Crippen LogP contribution < -0.4 is 5.32 Å². The fourth-order valence-corrected chi connectivity index (χ4v) is 1.27. The third-order valence-corrected chi connectivity index (χ3v) is 2.10. The molecule has 10 heteroatoms. The molecule has 8 nitrogen and oxygen atoms in total. The zero-order valence-corrected chi connectivity index (χ0v) is 10.1. The van der Waals surface area contributed by atoms with Gasteiger partial charge < -0.3 is 15.2 Å². The zero-order valence-electron chi connectivity index (χ0n) is 10.1. The molecule has 1 aromatic heterocycles. The monoisotopic (exact) mass is 291 g/mol. The molecule has 0 saturated heterocycles. The Kier molecular flexibility index (Phi) is 5.72. The summed E-state index contributed by atoms with van der Waals surface area (Å²) in [6, 6.07) is 0.859. The van der Waals surface area contributed by atoms with Crippen LogP contribution in [-0.4, -0.2) is 47.2 Å². The van der Waals surface area contributed by atoms with Crippen molar-refractivity contribution in [1.29, 1.82) is 0 Å². The number of nitrogens with one attached hydrogen (secondary N) is 1. The minimum absolute atomic E-state index is 0.0395. The van der Waals surface area contributed by atoms with Crippen molar-refractivity contribution in [2.75, 3.05) is 25.1 Å². The highest BCUT2D eigenvalue weighted by Crippen LogP contribution is 2.18. The SMILES string of the molecule is O=C(O)c1cc([N+](=O)[O-])cnc1NCCOCC(F)F. The molecule has 0 saturated carbocycles. The maximum absolute atomic E-state index is 11.8. The number of ether oxygens (including phenoxy) is 1. The molecule has 0 bridgehead atoms. The van der Waals surface area contributed by atoms with Gasteiger partial charge in [-0.25, -0.2) is 18.6 Å². The molecule has 1 aromatic rings. The lowest BCUT2D eigenvalue weighted by atomic mass is 10.2. The summed E-state index contributed by atoms with van der Waals surface area (Å²) in [5, 5.41) is 22.0. The van der Waals surface area contributed by atoms with Crippen molar-refractivity contribution in [3.05, 3.63) is 27.9 Å². The van der Waals surface area contributed by atoms with E-state index in [0.29, 0.717) is 0 Å². The van der Waals surface area contributed by atoms with Crippen LogP contribution in [0.1, 0.15) is 10.4 Å². The van der Waals surface area contributed by atoms with E-state index in [-0.39, 0.29) is 24.5 Å². The predicted octanol–water partition coefficient (Wildman–Crippen LogP) is 1.38. The second-order valence-corrected chi connectivity index (χ2v) is 3.54. The highest BCUT2D eigenvalue weighted by atomic mass is 19.3. The molecule has 0 amide bonds. The lowest BCUT2D eigenvalue weighted by molar-refractivity contribution is -0.385. The van der Waals surface area contributed by atoms with Gasteiger partial charge in [-0.1, -0.05) is 0 Å². The van der Waals surface area contributed by atoms with Crippen LogP contribution in [0.5, 0.6) is 0 Å². The van der Waals surface area contributed by atoms with Crippen molar-refractivity contribution < 1.29 is 28.3 Å². The number of carboxylic acid groups (broad SMARTS) is 1. The Morgan fingerprint density at radius 2 is 2.30 bits per heavy atom. The van der Waals surface area contributed by atoms with Crippen LogP contribution in [0.3, 0.4) is 0 Å². The number of aromatic carboxylic acids is 1. The Labute approximate surface area is 111 Å². The third-order valence-electron chi connectivity index (χ3n) is 2.10. The molecule has 0 aliphatic rings. The standard InChI is InChI=1S/C10H11F2N3O5/c11-8(12)5-20-2-1-13-9-7(10(16)17)3-6(4-14-9)15(18)19/h3-4,8H,1-2,5H2,(H,13,14)(H,16,17). The van der Waals surface area contributed by atoms with Crippen LogP contribution in [0.25, 0.3) is 0 Å². The lowest BCUT2D eigenvalue weighted by Crippen LogP contribution is -2.16. The van der Waals surface area contributed by atoms with Gasteiger partial charge in [0.05, 0.1) is 11.5 Å². The number of hydrogen-bond donors (Lipinski definition) is 2. The van der Waals surface area contributed by atoms with Gasteiger partial charge in [0.1, 0.15) is 24.2 Å². The normalized spacial score (nSPS) is 10.6. The summed E-state index contributed by atoms with van der Waals surface area (Å²) in [4.78, 5) is 24.3. The summed E-state index contributed by atoms with van der Waals surface area (Å²) in [5.74, 6) is -1.49. The van der Waals surface area contributed by atoms with Crippen LogP contribution in [0, 0.1) is 10.1 Å². The molecule has 2 N–H and O–H groups in total. The summed E-state index contributed by atoms with van der Waals surface area (Å²) < 4.78 is 28.1. The summed E-state index contributed by atoms with van der Waals surface area (Å²) >= 11 is 0. The van der Waals surface area contributed by atoms with E-state index in [1.54, 1.807) is 0 Å². The Balaban J connectivity index is 2.65. The quantitative estimate of drug-likeness (QED) is 0.422. The number of rotatable bonds is 8. The number of halogens is 2. The number of alkyl halides is 2. The molecule has 0 spiro atoms. The maximum Gasteiger partial charge on any atom is 0.339 e. The van der Waals surface area contributed by atoms with Gasteiger partial charge in [-0.2, -0.15) is 0 Å². The molecule has 20 heavy (non-hydrogen) atoms. The lowest BCUT2D eigenvalue weighted by Gasteiger charge is -2.08. The first-order valence-corrected chi connectivity index (χ1v) is 5.39.